The molecule has 1 aliphatic heterocycles. The quantitative estimate of drug-likeness (QED) is 0.927. The van der Waals surface area contributed by atoms with Gasteiger partial charge < -0.3 is 10.6 Å². The molecule has 0 aliphatic carbocycles. The van der Waals surface area contributed by atoms with Crippen molar-refractivity contribution in [3.8, 4) is 0 Å². The molecule has 3 rings (SSSR count). The maximum absolute atomic E-state index is 5.75. The maximum atomic E-state index is 5.75. The highest BCUT2D eigenvalue weighted by Gasteiger charge is 2.22. The zero-order chi connectivity index (χ0) is 14.8. The minimum Gasteiger partial charge on any atom is -0.368 e. The van der Waals surface area contributed by atoms with Crippen molar-refractivity contribution in [3.63, 3.8) is 0 Å². The number of piperidine rings is 1. The second-order valence-corrected chi connectivity index (χ2v) is 5.83. The molecule has 1 aliphatic rings. The SMILES string of the molecule is Cc1cc(CC2CCN(c3nc(N)n(C)n3)CC2)ccn1. The van der Waals surface area contributed by atoms with E-state index in [9.17, 15) is 0 Å². The summed E-state index contributed by atoms with van der Waals surface area (Å²) in [7, 11) is 1.82. The van der Waals surface area contributed by atoms with Gasteiger partial charge in [0.15, 0.2) is 0 Å². The Morgan fingerprint density at radius 3 is 2.71 bits per heavy atom. The molecular formula is C15H22N6. The molecule has 0 atom stereocenters. The zero-order valence-corrected chi connectivity index (χ0v) is 12.7. The molecule has 6 nitrogen and oxygen atoms in total. The molecule has 21 heavy (non-hydrogen) atoms. The van der Waals surface area contributed by atoms with Gasteiger partial charge in [-0.3, -0.25) is 4.98 Å². The minimum atomic E-state index is 0.472. The van der Waals surface area contributed by atoms with E-state index in [-0.39, 0.29) is 0 Å². The Labute approximate surface area is 125 Å². The van der Waals surface area contributed by atoms with Crippen LogP contribution in [0.4, 0.5) is 11.9 Å². The molecule has 0 spiro atoms. The molecule has 0 radical (unpaired) electrons. The number of nitrogens with zero attached hydrogens (tertiary/aromatic N) is 5. The summed E-state index contributed by atoms with van der Waals surface area (Å²) in [5, 5.41) is 4.35. The topological polar surface area (TPSA) is 72.9 Å². The summed E-state index contributed by atoms with van der Waals surface area (Å²) >= 11 is 0. The fourth-order valence-electron chi connectivity index (χ4n) is 2.92. The van der Waals surface area contributed by atoms with Crippen LogP contribution in [0, 0.1) is 12.8 Å². The van der Waals surface area contributed by atoms with E-state index in [0.29, 0.717) is 5.95 Å². The number of nitrogen functional groups attached to an aromatic ring is 1. The molecule has 2 aromatic heterocycles. The van der Waals surface area contributed by atoms with Gasteiger partial charge in [0, 0.05) is 32.0 Å². The Morgan fingerprint density at radius 2 is 2.10 bits per heavy atom. The zero-order valence-electron chi connectivity index (χ0n) is 12.7. The molecule has 0 aromatic carbocycles. The normalized spacial score (nSPS) is 16.4. The van der Waals surface area contributed by atoms with Gasteiger partial charge in [0.1, 0.15) is 0 Å². The van der Waals surface area contributed by atoms with Gasteiger partial charge in [-0.2, -0.15) is 4.98 Å². The number of hydrogen-bond donors (Lipinski definition) is 1. The lowest BCUT2D eigenvalue weighted by molar-refractivity contribution is 0.400. The third-order valence-electron chi connectivity index (χ3n) is 4.17. The van der Waals surface area contributed by atoms with E-state index in [1.165, 1.54) is 18.4 Å². The van der Waals surface area contributed by atoms with Crippen LogP contribution < -0.4 is 10.6 Å². The Kier molecular flexibility index (Phi) is 3.77. The van der Waals surface area contributed by atoms with Gasteiger partial charge >= 0.3 is 0 Å². The standard InChI is InChI=1S/C15H22N6/c1-11-9-13(3-6-17-11)10-12-4-7-21(8-5-12)15-18-14(16)20(2)19-15/h3,6,9,12H,4-5,7-8,10H2,1-2H3,(H2,16,18,19). The Morgan fingerprint density at radius 1 is 1.33 bits per heavy atom. The number of anilines is 2. The molecule has 2 N–H and O–H groups in total. The summed E-state index contributed by atoms with van der Waals surface area (Å²) < 4.78 is 1.63. The first kappa shape index (κ1) is 13.9. The lowest BCUT2D eigenvalue weighted by Gasteiger charge is -2.31. The number of rotatable bonds is 3. The first-order chi connectivity index (χ1) is 10.1. The molecule has 0 amide bonds. The van der Waals surface area contributed by atoms with Crippen LogP contribution in [0.3, 0.4) is 0 Å². The van der Waals surface area contributed by atoms with E-state index < -0.39 is 0 Å². The molecule has 0 bridgehead atoms. The summed E-state index contributed by atoms with van der Waals surface area (Å²) in [6, 6.07) is 4.31. The van der Waals surface area contributed by atoms with E-state index in [0.717, 1.165) is 37.1 Å². The number of aryl methyl sites for hydroxylation is 2. The lowest BCUT2D eigenvalue weighted by Crippen LogP contribution is -2.35. The van der Waals surface area contributed by atoms with Gasteiger partial charge in [0.2, 0.25) is 11.9 Å². The highest BCUT2D eigenvalue weighted by Crippen LogP contribution is 2.24. The summed E-state index contributed by atoms with van der Waals surface area (Å²) in [6.45, 7) is 4.04. The van der Waals surface area contributed by atoms with E-state index in [2.05, 4.69) is 32.1 Å². The molecule has 0 unspecified atom stereocenters. The average molecular weight is 286 g/mol. The van der Waals surface area contributed by atoms with Gasteiger partial charge in [0.05, 0.1) is 0 Å². The highest BCUT2D eigenvalue weighted by atomic mass is 15.4. The van der Waals surface area contributed by atoms with Crippen LogP contribution in [0.25, 0.3) is 0 Å². The molecule has 2 aromatic rings. The third-order valence-corrected chi connectivity index (χ3v) is 4.17. The Balaban J connectivity index is 1.57. The number of aromatic nitrogens is 4. The number of nitrogens with two attached hydrogens (primary N) is 1. The average Bonchev–Trinajstić information content (AvgIpc) is 2.79. The molecule has 112 valence electrons. The first-order valence-electron chi connectivity index (χ1n) is 7.45. The number of pyridine rings is 1. The molecule has 3 heterocycles. The molecule has 6 heteroatoms. The van der Waals surface area contributed by atoms with E-state index in [4.69, 9.17) is 5.73 Å². The summed E-state index contributed by atoms with van der Waals surface area (Å²) in [6.07, 6.45) is 5.37. The highest BCUT2D eigenvalue weighted by molar-refractivity contribution is 5.35. The van der Waals surface area contributed by atoms with Crippen molar-refractivity contribution < 1.29 is 0 Å². The van der Waals surface area contributed by atoms with Crippen LogP contribution in [-0.2, 0) is 13.5 Å². The second kappa shape index (κ2) is 5.71. The number of hydrogen-bond acceptors (Lipinski definition) is 5. The van der Waals surface area contributed by atoms with Crippen LogP contribution in [0.1, 0.15) is 24.1 Å². The Hall–Kier alpha value is -2.11. The summed E-state index contributed by atoms with van der Waals surface area (Å²) in [5.41, 5.74) is 8.23. The first-order valence-corrected chi connectivity index (χ1v) is 7.45. The van der Waals surface area contributed by atoms with Crippen LogP contribution >= 0.6 is 0 Å². The predicted octanol–water partition coefficient (Wildman–Crippen LogP) is 1.56. The van der Waals surface area contributed by atoms with Crippen molar-refractivity contribution in [3.05, 3.63) is 29.6 Å². The van der Waals surface area contributed by atoms with Crippen molar-refractivity contribution in [2.45, 2.75) is 26.2 Å². The second-order valence-electron chi connectivity index (χ2n) is 5.83. The minimum absolute atomic E-state index is 0.472. The van der Waals surface area contributed by atoms with Crippen LogP contribution in [0.15, 0.2) is 18.3 Å². The monoisotopic (exact) mass is 286 g/mol. The lowest BCUT2D eigenvalue weighted by atomic mass is 9.90. The third kappa shape index (κ3) is 3.15. The largest absolute Gasteiger partial charge is 0.368 e. The molecule has 1 fully saturated rings. The van der Waals surface area contributed by atoms with Crippen molar-refractivity contribution in [2.24, 2.45) is 13.0 Å². The summed E-state index contributed by atoms with van der Waals surface area (Å²) in [5.74, 6) is 1.96. The van der Waals surface area contributed by atoms with Gasteiger partial charge in [-0.25, -0.2) is 4.68 Å². The summed E-state index contributed by atoms with van der Waals surface area (Å²) in [4.78, 5) is 10.8. The van der Waals surface area contributed by atoms with E-state index >= 15 is 0 Å². The van der Waals surface area contributed by atoms with Gasteiger partial charge in [-0.1, -0.05) is 0 Å². The smallest absolute Gasteiger partial charge is 0.246 e. The van der Waals surface area contributed by atoms with E-state index in [1.54, 1.807) is 4.68 Å². The molecule has 1 saturated heterocycles. The predicted molar refractivity (Wildman–Crippen MR) is 83.0 cm³/mol. The van der Waals surface area contributed by atoms with Crippen molar-refractivity contribution in [1.82, 2.24) is 19.7 Å². The fourth-order valence-corrected chi connectivity index (χ4v) is 2.92. The maximum Gasteiger partial charge on any atom is 0.246 e. The Bertz CT molecular complexity index is 593. The van der Waals surface area contributed by atoms with Gasteiger partial charge in [-0.15, -0.1) is 5.10 Å². The van der Waals surface area contributed by atoms with Gasteiger partial charge in [0.25, 0.3) is 0 Å². The van der Waals surface area contributed by atoms with Crippen LogP contribution in [-0.4, -0.2) is 32.8 Å². The van der Waals surface area contributed by atoms with Crippen molar-refractivity contribution in [2.75, 3.05) is 23.7 Å². The van der Waals surface area contributed by atoms with E-state index in [1.807, 2.05) is 20.2 Å². The van der Waals surface area contributed by atoms with Crippen LogP contribution in [0.5, 0.6) is 0 Å². The molecular weight excluding hydrogens is 264 g/mol. The van der Waals surface area contributed by atoms with Crippen molar-refractivity contribution in [1.29, 1.82) is 0 Å². The van der Waals surface area contributed by atoms with Crippen LogP contribution in [0.2, 0.25) is 0 Å². The van der Waals surface area contributed by atoms with Crippen molar-refractivity contribution >= 4 is 11.9 Å². The fraction of sp³-hybridized carbons (Fsp3) is 0.533. The van der Waals surface area contributed by atoms with Gasteiger partial charge in [-0.05, 0) is 49.8 Å². The molecule has 0 saturated carbocycles.